The van der Waals surface area contributed by atoms with Crippen molar-refractivity contribution in [1.29, 1.82) is 0 Å². The van der Waals surface area contributed by atoms with E-state index in [-0.39, 0.29) is 5.67 Å². The molecule has 0 bridgehead atoms. The zero-order valence-electron chi connectivity index (χ0n) is 5.94. The monoisotopic (exact) mass is 132 g/mol. The van der Waals surface area contributed by atoms with E-state index in [1.165, 1.54) is 0 Å². The molecule has 0 aliphatic rings. The fourth-order valence-corrected chi connectivity index (χ4v) is 1.06. The zero-order valence-corrected chi connectivity index (χ0v) is 6.94. The van der Waals surface area contributed by atoms with Gasteiger partial charge in [0.1, 0.15) is 0 Å². The highest BCUT2D eigenvalue weighted by atomic mass is 28.3. The van der Waals surface area contributed by atoms with Gasteiger partial charge in [0.25, 0.3) is 0 Å². The molecule has 1 unspecified atom stereocenters. The molecule has 0 spiro atoms. The molecule has 0 saturated heterocycles. The van der Waals surface area contributed by atoms with Crippen LogP contribution in [0.15, 0.2) is 0 Å². The quantitative estimate of drug-likeness (QED) is 0.525. The molecule has 0 aromatic rings. The Balaban J connectivity index is 3.62. The van der Waals surface area contributed by atoms with Crippen LogP contribution in [-0.2, 0) is 0 Å². The lowest BCUT2D eigenvalue weighted by Crippen LogP contribution is -2.49. The highest BCUT2D eigenvalue weighted by Gasteiger charge is 2.20. The van der Waals surface area contributed by atoms with Gasteiger partial charge >= 0.3 is 0 Å². The molecule has 2 nitrogen and oxygen atoms in total. The number of rotatable bonds is 2. The van der Waals surface area contributed by atoms with E-state index in [0.717, 1.165) is 0 Å². The second kappa shape index (κ2) is 2.62. The third kappa shape index (κ3) is 2.45. The van der Waals surface area contributed by atoms with E-state index in [1.807, 2.05) is 0 Å². The van der Waals surface area contributed by atoms with Crippen LogP contribution in [0.4, 0.5) is 0 Å². The van der Waals surface area contributed by atoms with Gasteiger partial charge in [0.15, 0.2) is 0 Å². The fourth-order valence-electron chi connectivity index (χ4n) is 0.354. The minimum atomic E-state index is -1.11. The maximum Gasteiger partial charge on any atom is 0.0648 e. The van der Waals surface area contributed by atoms with Crippen molar-refractivity contribution in [3.8, 4) is 0 Å². The first-order chi connectivity index (χ1) is 3.48. The van der Waals surface area contributed by atoms with Crippen molar-refractivity contribution in [2.75, 3.05) is 6.54 Å². The topological polar surface area (TPSA) is 52.0 Å². The first-order valence-corrected chi connectivity index (χ1v) is 6.52. The molecule has 0 radical (unpaired) electrons. The van der Waals surface area contributed by atoms with Crippen LogP contribution in [0.3, 0.4) is 0 Å². The molecule has 8 heavy (non-hydrogen) atoms. The van der Waals surface area contributed by atoms with E-state index in [4.69, 9.17) is 11.5 Å². The van der Waals surface area contributed by atoms with E-state index in [0.29, 0.717) is 6.54 Å². The third-order valence-electron chi connectivity index (χ3n) is 1.37. The summed E-state index contributed by atoms with van der Waals surface area (Å²) in [6.07, 6.45) is 0. The first kappa shape index (κ1) is 8.14. The van der Waals surface area contributed by atoms with Crippen LogP contribution in [0, 0.1) is 0 Å². The Bertz CT molecular complexity index is 67.3. The molecule has 0 amide bonds. The molecule has 0 aromatic heterocycles. The fraction of sp³-hybridized carbons (Fsp3) is 1.00. The van der Waals surface area contributed by atoms with Gasteiger partial charge in [-0.05, 0) is 0 Å². The number of hydrogen-bond acceptors (Lipinski definition) is 2. The van der Waals surface area contributed by atoms with Crippen molar-refractivity contribution in [3.05, 3.63) is 0 Å². The van der Waals surface area contributed by atoms with Crippen LogP contribution >= 0.6 is 0 Å². The predicted molar refractivity (Wildman–Crippen MR) is 40.4 cm³/mol. The molecule has 50 valence electrons. The van der Waals surface area contributed by atoms with Gasteiger partial charge in [-0.3, -0.25) is 0 Å². The lowest BCUT2D eigenvalue weighted by atomic mass is 10.7. The van der Waals surface area contributed by atoms with E-state index < -0.39 is 8.07 Å². The molecular formula is C5H16N2Si. The summed E-state index contributed by atoms with van der Waals surface area (Å²) >= 11 is 0. The van der Waals surface area contributed by atoms with Crippen molar-refractivity contribution in [1.82, 2.24) is 0 Å². The van der Waals surface area contributed by atoms with Gasteiger partial charge in [0.2, 0.25) is 0 Å². The summed E-state index contributed by atoms with van der Waals surface area (Å²) in [6, 6.07) is 0. The zero-order chi connectivity index (χ0) is 6.78. The third-order valence-corrected chi connectivity index (χ3v) is 3.83. The Labute approximate surface area is 52.3 Å². The van der Waals surface area contributed by atoms with Crippen LogP contribution in [0.25, 0.3) is 0 Å². The van der Waals surface area contributed by atoms with Crippen molar-refractivity contribution in [2.45, 2.75) is 25.3 Å². The maximum absolute atomic E-state index is 5.69. The summed E-state index contributed by atoms with van der Waals surface area (Å²) in [5.41, 5.74) is 11.3. The van der Waals surface area contributed by atoms with E-state index in [1.54, 1.807) is 0 Å². The van der Waals surface area contributed by atoms with Crippen LogP contribution in [0.5, 0.6) is 0 Å². The minimum absolute atomic E-state index is 0.266. The first-order valence-electron chi connectivity index (χ1n) is 2.94. The second-order valence-electron chi connectivity index (χ2n) is 3.21. The van der Waals surface area contributed by atoms with Gasteiger partial charge < -0.3 is 11.5 Å². The summed E-state index contributed by atoms with van der Waals surface area (Å²) in [4.78, 5) is 0. The Morgan fingerprint density at radius 3 is 1.75 bits per heavy atom. The smallest absolute Gasteiger partial charge is 0.0648 e. The van der Waals surface area contributed by atoms with Crippen LogP contribution < -0.4 is 11.5 Å². The second-order valence-corrected chi connectivity index (χ2v) is 8.68. The molecule has 0 aromatic carbocycles. The molecule has 0 fully saturated rings. The lowest BCUT2D eigenvalue weighted by Gasteiger charge is -2.22. The van der Waals surface area contributed by atoms with Gasteiger partial charge in [-0.25, -0.2) is 0 Å². The average Bonchev–Trinajstić information content (AvgIpc) is 1.62. The highest BCUT2D eigenvalue weighted by Crippen LogP contribution is 2.02. The molecule has 4 N–H and O–H groups in total. The Morgan fingerprint density at radius 2 is 1.75 bits per heavy atom. The van der Waals surface area contributed by atoms with Gasteiger partial charge in [0.05, 0.1) is 8.07 Å². The molecule has 0 aliphatic heterocycles. The predicted octanol–water partition coefficient (Wildman–Crippen LogP) is 0.150. The van der Waals surface area contributed by atoms with Crippen LogP contribution in [0.1, 0.15) is 0 Å². The Morgan fingerprint density at radius 1 is 1.38 bits per heavy atom. The van der Waals surface area contributed by atoms with Crippen LogP contribution in [-0.4, -0.2) is 20.3 Å². The molecule has 0 rings (SSSR count). The average molecular weight is 132 g/mol. The van der Waals surface area contributed by atoms with Crippen molar-refractivity contribution >= 4 is 8.07 Å². The molecule has 0 aliphatic carbocycles. The highest BCUT2D eigenvalue weighted by molar-refractivity contribution is 6.77. The van der Waals surface area contributed by atoms with Crippen molar-refractivity contribution in [3.63, 3.8) is 0 Å². The molecule has 0 heterocycles. The van der Waals surface area contributed by atoms with Crippen molar-refractivity contribution < 1.29 is 0 Å². The lowest BCUT2D eigenvalue weighted by molar-refractivity contribution is 0.862. The number of nitrogens with two attached hydrogens (primary N) is 2. The van der Waals surface area contributed by atoms with Gasteiger partial charge in [-0.1, -0.05) is 19.6 Å². The molecule has 1 atom stereocenters. The standard InChI is InChI=1S/C5H16N2Si/c1-8(2,3)5(7)4-6/h5H,4,6-7H2,1-3H3. The van der Waals surface area contributed by atoms with Crippen LogP contribution in [0.2, 0.25) is 19.6 Å². The molecule has 0 saturated carbocycles. The summed E-state index contributed by atoms with van der Waals surface area (Å²) in [5.74, 6) is 0. The van der Waals surface area contributed by atoms with Gasteiger partial charge in [-0.15, -0.1) is 0 Å². The summed E-state index contributed by atoms with van der Waals surface area (Å²) in [7, 11) is -1.11. The number of hydrogen-bond donors (Lipinski definition) is 2. The SMILES string of the molecule is C[Si](C)(C)C(N)CN. The van der Waals surface area contributed by atoms with Gasteiger partial charge in [0, 0.05) is 12.2 Å². The van der Waals surface area contributed by atoms with E-state index >= 15 is 0 Å². The maximum atomic E-state index is 5.69. The molecular weight excluding hydrogens is 116 g/mol. The Kier molecular flexibility index (Phi) is 2.66. The van der Waals surface area contributed by atoms with Crippen molar-refractivity contribution in [2.24, 2.45) is 11.5 Å². The minimum Gasteiger partial charge on any atom is -0.329 e. The largest absolute Gasteiger partial charge is 0.329 e. The van der Waals surface area contributed by atoms with E-state index in [9.17, 15) is 0 Å². The Hall–Kier alpha value is 0.137. The summed E-state index contributed by atoms with van der Waals surface area (Å²) < 4.78 is 0. The normalized spacial score (nSPS) is 16.1. The molecule has 3 heteroatoms. The summed E-state index contributed by atoms with van der Waals surface area (Å²) in [5, 5.41) is 0. The van der Waals surface area contributed by atoms with E-state index in [2.05, 4.69) is 19.6 Å². The van der Waals surface area contributed by atoms with Gasteiger partial charge in [-0.2, -0.15) is 0 Å². The summed E-state index contributed by atoms with van der Waals surface area (Å²) in [6.45, 7) is 7.31.